The summed E-state index contributed by atoms with van der Waals surface area (Å²) < 4.78 is 0. The zero-order valence-electron chi connectivity index (χ0n) is 7.97. The normalized spacial score (nSPS) is 10.1. The molecule has 1 aromatic carbocycles. The van der Waals surface area contributed by atoms with Gasteiger partial charge in [0.1, 0.15) is 0 Å². The fraction of sp³-hybridized carbons (Fsp3) is 0.300. The molecule has 1 amide bonds. The van der Waals surface area contributed by atoms with Gasteiger partial charge < -0.3 is 0 Å². The van der Waals surface area contributed by atoms with Gasteiger partial charge >= 0.3 is 0 Å². The quantitative estimate of drug-likeness (QED) is 0.509. The molecule has 0 unspecified atom stereocenters. The van der Waals surface area contributed by atoms with E-state index in [0.717, 1.165) is 12.0 Å². The summed E-state index contributed by atoms with van der Waals surface area (Å²) in [7, 11) is 3.69. The molecule has 0 N–H and O–H groups in total. The highest BCUT2D eigenvalue weighted by atomic mass is 16.1. The van der Waals surface area contributed by atoms with Crippen LogP contribution in [0.4, 0.5) is 0 Å². The first-order chi connectivity index (χ1) is 6.24. The van der Waals surface area contributed by atoms with Crippen molar-refractivity contribution in [3.8, 4) is 0 Å². The Hall–Kier alpha value is -1.35. The second-order valence-electron chi connectivity index (χ2n) is 3.04. The number of hydrazine groups is 1. The number of carbonyl (C=O) groups excluding carboxylic acids is 1. The van der Waals surface area contributed by atoms with Crippen molar-refractivity contribution in [2.75, 3.05) is 14.1 Å². The van der Waals surface area contributed by atoms with Crippen LogP contribution < -0.4 is 0 Å². The fourth-order valence-corrected chi connectivity index (χ4v) is 1.04. The van der Waals surface area contributed by atoms with Crippen LogP contribution in [0.5, 0.6) is 0 Å². The minimum Gasteiger partial charge on any atom is -0.277 e. The van der Waals surface area contributed by atoms with E-state index in [4.69, 9.17) is 0 Å². The molecule has 3 heteroatoms. The zero-order valence-corrected chi connectivity index (χ0v) is 7.97. The van der Waals surface area contributed by atoms with Gasteiger partial charge in [-0.2, -0.15) is 0 Å². The maximum atomic E-state index is 10.6. The molecule has 0 radical (unpaired) electrons. The van der Waals surface area contributed by atoms with Crippen molar-refractivity contribution < 1.29 is 4.79 Å². The van der Waals surface area contributed by atoms with E-state index in [2.05, 4.69) is 0 Å². The molecule has 0 spiro atoms. The SMILES string of the molecule is CN(C)N(C=O)Cc1ccccc1. The van der Waals surface area contributed by atoms with Crippen molar-refractivity contribution in [2.24, 2.45) is 0 Å². The van der Waals surface area contributed by atoms with Gasteiger partial charge in [0.05, 0.1) is 6.54 Å². The number of nitrogens with zero attached hydrogens (tertiary/aromatic N) is 2. The molecule has 0 heterocycles. The molecule has 1 aromatic rings. The maximum Gasteiger partial charge on any atom is 0.224 e. The number of carbonyl (C=O) groups is 1. The summed E-state index contributed by atoms with van der Waals surface area (Å²) >= 11 is 0. The third-order valence-electron chi connectivity index (χ3n) is 1.82. The topological polar surface area (TPSA) is 23.6 Å². The van der Waals surface area contributed by atoms with Crippen molar-refractivity contribution in [1.29, 1.82) is 0 Å². The van der Waals surface area contributed by atoms with Crippen LogP contribution in [0.2, 0.25) is 0 Å². The van der Waals surface area contributed by atoms with Gasteiger partial charge in [0.25, 0.3) is 0 Å². The highest BCUT2D eigenvalue weighted by molar-refractivity contribution is 5.46. The molecular formula is C10H14N2O. The monoisotopic (exact) mass is 178 g/mol. The number of hydrogen-bond acceptors (Lipinski definition) is 2. The van der Waals surface area contributed by atoms with Crippen LogP contribution in [0.15, 0.2) is 30.3 Å². The van der Waals surface area contributed by atoms with Crippen LogP contribution in [0.1, 0.15) is 5.56 Å². The molecule has 0 saturated heterocycles. The Morgan fingerprint density at radius 2 is 1.85 bits per heavy atom. The van der Waals surface area contributed by atoms with Crippen LogP contribution in [0, 0.1) is 0 Å². The molecule has 0 bridgehead atoms. The van der Waals surface area contributed by atoms with Gasteiger partial charge in [-0.05, 0) is 5.56 Å². The molecule has 0 aliphatic rings. The van der Waals surface area contributed by atoms with Crippen LogP contribution in [-0.2, 0) is 11.3 Å². The van der Waals surface area contributed by atoms with Crippen molar-refractivity contribution in [2.45, 2.75) is 6.54 Å². The van der Waals surface area contributed by atoms with Crippen LogP contribution in [0.3, 0.4) is 0 Å². The molecule has 0 atom stereocenters. The van der Waals surface area contributed by atoms with E-state index in [1.165, 1.54) is 0 Å². The Bertz CT molecular complexity index is 259. The third-order valence-corrected chi connectivity index (χ3v) is 1.82. The Balaban J connectivity index is 2.62. The van der Waals surface area contributed by atoms with Crippen LogP contribution in [-0.4, -0.2) is 30.5 Å². The number of benzene rings is 1. The summed E-state index contributed by atoms with van der Waals surface area (Å²) in [6, 6.07) is 9.90. The molecular weight excluding hydrogens is 164 g/mol. The Labute approximate surface area is 78.5 Å². The molecule has 70 valence electrons. The highest BCUT2D eigenvalue weighted by Crippen LogP contribution is 2.02. The molecule has 1 rings (SSSR count). The van der Waals surface area contributed by atoms with Gasteiger partial charge in [0.2, 0.25) is 6.41 Å². The van der Waals surface area contributed by atoms with Gasteiger partial charge in [-0.25, -0.2) is 5.01 Å². The first kappa shape index (κ1) is 9.74. The largest absolute Gasteiger partial charge is 0.277 e. The lowest BCUT2D eigenvalue weighted by Gasteiger charge is -2.24. The lowest BCUT2D eigenvalue weighted by atomic mass is 10.2. The van der Waals surface area contributed by atoms with Crippen LogP contribution in [0.25, 0.3) is 0 Å². The molecule has 3 nitrogen and oxygen atoms in total. The van der Waals surface area contributed by atoms with E-state index >= 15 is 0 Å². The predicted octanol–water partition coefficient (Wildman–Crippen LogP) is 1.12. The van der Waals surface area contributed by atoms with E-state index < -0.39 is 0 Å². The average Bonchev–Trinajstić information content (AvgIpc) is 2.15. The maximum absolute atomic E-state index is 10.6. The molecule has 0 aliphatic heterocycles. The summed E-state index contributed by atoms with van der Waals surface area (Å²) in [6.45, 7) is 0.622. The van der Waals surface area contributed by atoms with E-state index in [1.807, 2.05) is 44.4 Å². The Morgan fingerprint density at radius 3 is 2.31 bits per heavy atom. The van der Waals surface area contributed by atoms with Crippen molar-refractivity contribution in [3.05, 3.63) is 35.9 Å². The Kier molecular flexibility index (Phi) is 3.46. The lowest BCUT2D eigenvalue weighted by molar-refractivity contribution is -0.131. The van der Waals surface area contributed by atoms with Crippen LogP contribution >= 0.6 is 0 Å². The highest BCUT2D eigenvalue weighted by Gasteiger charge is 2.03. The van der Waals surface area contributed by atoms with Crippen molar-refractivity contribution in [3.63, 3.8) is 0 Å². The first-order valence-corrected chi connectivity index (χ1v) is 4.17. The summed E-state index contributed by atoms with van der Waals surface area (Å²) in [4.78, 5) is 10.6. The first-order valence-electron chi connectivity index (χ1n) is 4.17. The zero-order chi connectivity index (χ0) is 9.68. The molecule has 0 saturated carbocycles. The fourth-order valence-electron chi connectivity index (χ4n) is 1.04. The summed E-state index contributed by atoms with van der Waals surface area (Å²) in [5, 5.41) is 3.37. The number of amides is 1. The molecule has 0 aliphatic carbocycles. The summed E-state index contributed by atoms with van der Waals surface area (Å²) in [6.07, 6.45) is 0.826. The van der Waals surface area contributed by atoms with E-state index in [-0.39, 0.29) is 0 Å². The van der Waals surface area contributed by atoms with Gasteiger partial charge in [-0.3, -0.25) is 9.80 Å². The summed E-state index contributed by atoms with van der Waals surface area (Å²) in [5.74, 6) is 0. The number of hydrogen-bond donors (Lipinski definition) is 0. The van der Waals surface area contributed by atoms with E-state index in [0.29, 0.717) is 6.54 Å². The lowest BCUT2D eigenvalue weighted by Crippen LogP contribution is -2.34. The average molecular weight is 178 g/mol. The van der Waals surface area contributed by atoms with Gasteiger partial charge in [-0.15, -0.1) is 0 Å². The third kappa shape index (κ3) is 2.87. The second kappa shape index (κ2) is 4.62. The summed E-state index contributed by atoms with van der Waals surface area (Å²) in [5.41, 5.74) is 1.13. The van der Waals surface area contributed by atoms with E-state index in [9.17, 15) is 4.79 Å². The van der Waals surface area contributed by atoms with Gasteiger partial charge in [-0.1, -0.05) is 30.3 Å². The smallest absolute Gasteiger partial charge is 0.224 e. The number of rotatable bonds is 4. The van der Waals surface area contributed by atoms with Gasteiger partial charge in [0.15, 0.2) is 0 Å². The molecule has 13 heavy (non-hydrogen) atoms. The standard InChI is InChI=1S/C10H14N2O/c1-11(2)12(9-13)8-10-6-4-3-5-7-10/h3-7,9H,8H2,1-2H3. The molecule has 0 fully saturated rings. The predicted molar refractivity (Wildman–Crippen MR) is 51.7 cm³/mol. The van der Waals surface area contributed by atoms with Gasteiger partial charge in [0, 0.05) is 14.1 Å². The minimum absolute atomic E-state index is 0.622. The second-order valence-corrected chi connectivity index (χ2v) is 3.04. The van der Waals surface area contributed by atoms with Crippen molar-refractivity contribution in [1.82, 2.24) is 10.0 Å². The van der Waals surface area contributed by atoms with Crippen molar-refractivity contribution >= 4 is 6.41 Å². The minimum atomic E-state index is 0.622. The Morgan fingerprint density at radius 1 is 1.23 bits per heavy atom. The van der Waals surface area contributed by atoms with E-state index in [1.54, 1.807) is 10.0 Å². The molecule has 0 aromatic heterocycles.